The Labute approximate surface area is 119 Å². The largest absolute Gasteiger partial charge is 0.349 e. The molecule has 1 fully saturated rings. The van der Waals surface area contributed by atoms with E-state index in [1.54, 1.807) is 0 Å². The molecule has 3 rings (SSSR count). The molecule has 2 aromatic carbocycles. The second-order valence-electron chi connectivity index (χ2n) is 5.03. The fourth-order valence-corrected chi connectivity index (χ4v) is 2.94. The van der Waals surface area contributed by atoms with Gasteiger partial charge in [-0.3, -0.25) is 4.90 Å². The van der Waals surface area contributed by atoms with Gasteiger partial charge in [-0.1, -0.05) is 54.1 Å². The average molecular weight is 273 g/mol. The predicted octanol–water partition coefficient (Wildman–Crippen LogP) is 3.79. The Morgan fingerprint density at radius 1 is 1.00 bits per heavy atom. The summed E-state index contributed by atoms with van der Waals surface area (Å²) in [5, 5.41) is 0.818. The van der Waals surface area contributed by atoms with E-state index in [0.29, 0.717) is 6.04 Å². The standard InChI is InChI=1S/C16H17ClN2/c1-18-11-16(13-7-3-2-4-8-13)19(12-18)15-10-6-5-9-14(15)17/h2-10,16H,11-12H2,1H3. The first kappa shape index (κ1) is 12.5. The van der Waals surface area contributed by atoms with Crippen LogP contribution in [0.5, 0.6) is 0 Å². The first-order chi connectivity index (χ1) is 9.25. The molecule has 0 aromatic heterocycles. The van der Waals surface area contributed by atoms with Crippen LogP contribution in [0.4, 0.5) is 5.69 Å². The molecule has 3 heteroatoms. The van der Waals surface area contributed by atoms with Crippen molar-refractivity contribution in [2.75, 3.05) is 25.2 Å². The van der Waals surface area contributed by atoms with Crippen molar-refractivity contribution in [2.45, 2.75) is 6.04 Å². The number of hydrogen-bond donors (Lipinski definition) is 0. The van der Waals surface area contributed by atoms with Gasteiger partial charge in [0, 0.05) is 6.54 Å². The van der Waals surface area contributed by atoms with Crippen molar-refractivity contribution in [1.82, 2.24) is 4.90 Å². The van der Waals surface area contributed by atoms with Gasteiger partial charge in [-0.15, -0.1) is 0 Å². The molecule has 0 aliphatic carbocycles. The Bertz CT molecular complexity index is 556. The van der Waals surface area contributed by atoms with Crippen LogP contribution in [0.3, 0.4) is 0 Å². The van der Waals surface area contributed by atoms with Crippen LogP contribution in [-0.2, 0) is 0 Å². The molecule has 1 aliphatic heterocycles. The molecule has 0 spiro atoms. The maximum Gasteiger partial charge on any atom is 0.0713 e. The lowest BCUT2D eigenvalue weighted by Gasteiger charge is -2.27. The number of nitrogens with zero attached hydrogens (tertiary/aromatic N) is 2. The van der Waals surface area contributed by atoms with Gasteiger partial charge in [0.2, 0.25) is 0 Å². The smallest absolute Gasteiger partial charge is 0.0713 e. The monoisotopic (exact) mass is 272 g/mol. The molecule has 1 aliphatic rings. The van der Waals surface area contributed by atoms with E-state index in [1.807, 2.05) is 18.2 Å². The molecule has 1 saturated heterocycles. The third-order valence-corrected chi connectivity index (χ3v) is 3.92. The lowest BCUT2D eigenvalue weighted by atomic mass is 10.1. The maximum absolute atomic E-state index is 6.34. The van der Waals surface area contributed by atoms with Crippen LogP contribution in [0.1, 0.15) is 11.6 Å². The van der Waals surface area contributed by atoms with Gasteiger partial charge in [0.25, 0.3) is 0 Å². The molecule has 0 saturated carbocycles. The number of para-hydroxylation sites is 1. The molecule has 19 heavy (non-hydrogen) atoms. The van der Waals surface area contributed by atoms with Gasteiger partial charge >= 0.3 is 0 Å². The molecule has 98 valence electrons. The molecule has 1 heterocycles. The van der Waals surface area contributed by atoms with E-state index in [1.165, 1.54) is 5.56 Å². The number of likely N-dealkylation sites (N-methyl/N-ethyl adjacent to an activating group) is 1. The summed E-state index contributed by atoms with van der Waals surface area (Å²) in [6.07, 6.45) is 0. The van der Waals surface area contributed by atoms with E-state index in [2.05, 4.69) is 53.2 Å². The molecule has 0 N–H and O–H groups in total. The fourth-order valence-electron chi connectivity index (χ4n) is 2.70. The number of halogens is 1. The van der Waals surface area contributed by atoms with Crippen molar-refractivity contribution in [1.29, 1.82) is 0 Å². The number of anilines is 1. The lowest BCUT2D eigenvalue weighted by molar-refractivity contribution is 0.411. The molecular weight excluding hydrogens is 256 g/mol. The summed E-state index contributed by atoms with van der Waals surface area (Å²) < 4.78 is 0. The van der Waals surface area contributed by atoms with Crippen LogP contribution in [-0.4, -0.2) is 25.2 Å². The Morgan fingerprint density at radius 2 is 1.68 bits per heavy atom. The molecule has 2 nitrogen and oxygen atoms in total. The zero-order valence-corrected chi connectivity index (χ0v) is 11.7. The van der Waals surface area contributed by atoms with E-state index < -0.39 is 0 Å². The summed E-state index contributed by atoms with van der Waals surface area (Å²) in [6.45, 7) is 1.93. The molecule has 0 amide bonds. The van der Waals surface area contributed by atoms with E-state index >= 15 is 0 Å². The molecule has 0 bridgehead atoms. The van der Waals surface area contributed by atoms with Gasteiger partial charge in [-0.05, 0) is 24.7 Å². The van der Waals surface area contributed by atoms with Gasteiger partial charge in [0.05, 0.1) is 23.4 Å². The van der Waals surface area contributed by atoms with Crippen LogP contribution in [0, 0.1) is 0 Å². The van der Waals surface area contributed by atoms with Crippen molar-refractivity contribution < 1.29 is 0 Å². The van der Waals surface area contributed by atoms with E-state index in [4.69, 9.17) is 11.6 Å². The predicted molar refractivity (Wildman–Crippen MR) is 80.6 cm³/mol. The van der Waals surface area contributed by atoms with Gasteiger partial charge < -0.3 is 4.90 Å². The molecule has 2 aromatic rings. The summed E-state index contributed by atoms with van der Waals surface area (Å²) in [4.78, 5) is 4.69. The topological polar surface area (TPSA) is 6.48 Å². The Balaban J connectivity index is 1.98. The molecular formula is C16H17ClN2. The summed E-state index contributed by atoms with van der Waals surface area (Å²) in [5.74, 6) is 0. The normalized spacial score (nSPS) is 19.9. The summed E-state index contributed by atoms with van der Waals surface area (Å²) in [6, 6.07) is 19.1. The molecule has 1 unspecified atom stereocenters. The first-order valence-corrected chi connectivity index (χ1v) is 6.88. The minimum atomic E-state index is 0.367. The highest BCUT2D eigenvalue weighted by molar-refractivity contribution is 6.33. The zero-order chi connectivity index (χ0) is 13.2. The van der Waals surface area contributed by atoms with Crippen LogP contribution in [0.25, 0.3) is 0 Å². The van der Waals surface area contributed by atoms with Gasteiger partial charge in [-0.2, -0.15) is 0 Å². The number of rotatable bonds is 2. The lowest BCUT2D eigenvalue weighted by Crippen LogP contribution is -2.25. The minimum absolute atomic E-state index is 0.367. The second kappa shape index (κ2) is 5.24. The van der Waals surface area contributed by atoms with Gasteiger partial charge in [-0.25, -0.2) is 0 Å². The van der Waals surface area contributed by atoms with Crippen LogP contribution in [0.2, 0.25) is 5.02 Å². The third-order valence-electron chi connectivity index (χ3n) is 3.60. The highest BCUT2D eigenvalue weighted by Gasteiger charge is 2.30. The fraction of sp³-hybridized carbons (Fsp3) is 0.250. The number of hydrogen-bond acceptors (Lipinski definition) is 2. The molecule has 1 atom stereocenters. The van der Waals surface area contributed by atoms with E-state index in [0.717, 1.165) is 23.9 Å². The van der Waals surface area contributed by atoms with Crippen LogP contribution >= 0.6 is 11.6 Å². The maximum atomic E-state index is 6.34. The Hall–Kier alpha value is -1.51. The summed E-state index contributed by atoms with van der Waals surface area (Å²) >= 11 is 6.34. The number of benzene rings is 2. The molecule has 0 radical (unpaired) electrons. The van der Waals surface area contributed by atoms with Crippen molar-refractivity contribution in [2.24, 2.45) is 0 Å². The van der Waals surface area contributed by atoms with E-state index in [-0.39, 0.29) is 0 Å². The minimum Gasteiger partial charge on any atom is -0.349 e. The zero-order valence-electron chi connectivity index (χ0n) is 11.0. The van der Waals surface area contributed by atoms with Crippen molar-refractivity contribution in [3.05, 3.63) is 65.2 Å². The second-order valence-corrected chi connectivity index (χ2v) is 5.43. The van der Waals surface area contributed by atoms with Crippen molar-refractivity contribution >= 4 is 17.3 Å². The summed E-state index contributed by atoms with van der Waals surface area (Å²) in [7, 11) is 2.15. The van der Waals surface area contributed by atoms with Gasteiger partial charge in [0.15, 0.2) is 0 Å². The highest BCUT2D eigenvalue weighted by Crippen LogP contribution is 2.36. The Kier molecular flexibility index (Phi) is 3.45. The van der Waals surface area contributed by atoms with Gasteiger partial charge in [0.1, 0.15) is 0 Å². The third kappa shape index (κ3) is 2.46. The SMILES string of the molecule is CN1CC(c2ccccc2)N(c2ccccc2Cl)C1. The Morgan fingerprint density at radius 3 is 2.42 bits per heavy atom. The average Bonchev–Trinajstić information content (AvgIpc) is 2.82. The quantitative estimate of drug-likeness (QED) is 0.821. The van der Waals surface area contributed by atoms with Crippen LogP contribution in [0.15, 0.2) is 54.6 Å². The van der Waals surface area contributed by atoms with Crippen LogP contribution < -0.4 is 4.90 Å². The first-order valence-electron chi connectivity index (χ1n) is 6.50. The van der Waals surface area contributed by atoms with Crippen molar-refractivity contribution in [3.63, 3.8) is 0 Å². The van der Waals surface area contributed by atoms with E-state index in [9.17, 15) is 0 Å². The highest BCUT2D eigenvalue weighted by atomic mass is 35.5. The van der Waals surface area contributed by atoms with Crippen molar-refractivity contribution in [3.8, 4) is 0 Å². The summed E-state index contributed by atoms with van der Waals surface area (Å²) in [5.41, 5.74) is 2.45.